The van der Waals surface area contributed by atoms with E-state index in [-0.39, 0.29) is 18.0 Å². The molecule has 13 nitrogen and oxygen atoms in total. The molecule has 256 valence electrons. The molecule has 1 aromatic carbocycles. The average molecular weight is 678 g/mol. The van der Waals surface area contributed by atoms with Gasteiger partial charge in [-0.2, -0.15) is 26.3 Å². The maximum atomic E-state index is 12.8. The van der Waals surface area contributed by atoms with Crippen molar-refractivity contribution in [3.8, 4) is 5.75 Å². The van der Waals surface area contributed by atoms with E-state index in [0.29, 0.717) is 38.3 Å². The Labute approximate surface area is 261 Å². The predicted molar refractivity (Wildman–Crippen MR) is 149 cm³/mol. The van der Waals surface area contributed by atoms with Crippen molar-refractivity contribution in [2.24, 2.45) is 0 Å². The van der Waals surface area contributed by atoms with Crippen LogP contribution in [0.1, 0.15) is 41.0 Å². The number of benzene rings is 1. The SMILES string of the molecule is Cc1cc(COc2ccc(C(=O)NC3(CC(=O)NO)CCNCC3)nc2)c2ccccc2n1.O=C(O)C(F)(F)F.O=C(O)C(F)(F)F. The number of nitrogens with zero attached hydrogens (tertiary/aromatic N) is 2. The fraction of sp³-hybridized carbons (Fsp3) is 0.357. The smallest absolute Gasteiger partial charge is 0.487 e. The zero-order valence-corrected chi connectivity index (χ0v) is 24.4. The molecule has 0 bridgehead atoms. The van der Waals surface area contributed by atoms with Crippen LogP contribution in [-0.4, -0.2) is 80.1 Å². The van der Waals surface area contributed by atoms with Gasteiger partial charge in [-0.3, -0.25) is 19.8 Å². The van der Waals surface area contributed by atoms with Gasteiger partial charge in [0.15, 0.2) is 0 Å². The second kappa shape index (κ2) is 16.5. The molecule has 3 heterocycles. The van der Waals surface area contributed by atoms with E-state index in [1.54, 1.807) is 17.6 Å². The van der Waals surface area contributed by atoms with Gasteiger partial charge in [0.2, 0.25) is 5.91 Å². The molecular weight excluding hydrogens is 648 g/mol. The van der Waals surface area contributed by atoms with Crippen LogP contribution in [0.3, 0.4) is 0 Å². The van der Waals surface area contributed by atoms with E-state index in [9.17, 15) is 35.9 Å². The van der Waals surface area contributed by atoms with Crippen molar-refractivity contribution in [1.29, 1.82) is 0 Å². The number of rotatable bonds is 7. The molecule has 0 saturated carbocycles. The summed E-state index contributed by atoms with van der Waals surface area (Å²) >= 11 is 0. The van der Waals surface area contributed by atoms with Crippen molar-refractivity contribution >= 4 is 34.7 Å². The number of aliphatic carboxylic acids is 2. The van der Waals surface area contributed by atoms with E-state index >= 15 is 0 Å². The Kier molecular flexibility index (Phi) is 13.4. The van der Waals surface area contributed by atoms with Gasteiger partial charge in [0.25, 0.3) is 5.91 Å². The highest BCUT2D eigenvalue weighted by molar-refractivity contribution is 5.93. The number of hydrogen-bond donors (Lipinski definition) is 6. The van der Waals surface area contributed by atoms with Crippen molar-refractivity contribution in [1.82, 2.24) is 26.1 Å². The van der Waals surface area contributed by atoms with Gasteiger partial charge in [-0.05, 0) is 57.1 Å². The third-order valence-electron chi connectivity index (χ3n) is 6.34. The summed E-state index contributed by atoms with van der Waals surface area (Å²) in [5.74, 6) is -5.88. The summed E-state index contributed by atoms with van der Waals surface area (Å²) in [7, 11) is 0. The van der Waals surface area contributed by atoms with E-state index in [0.717, 1.165) is 22.2 Å². The number of fused-ring (bicyclic) bond motifs is 1. The molecule has 1 saturated heterocycles. The minimum absolute atomic E-state index is 0.00256. The summed E-state index contributed by atoms with van der Waals surface area (Å²) in [5.41, 5.74) is 4.01. The molecule has 19 heteroatoms. The number of ether oxygens (including phenoxy) is 1. The van der Waals surface area contributed by atoms with Crippen molar-refractivity contribution in [2.75, 3.05) is 13.1 Å². The number of alkyl halides is 6. The first-order chi connectivity index (χ1) is 21.9. The molecule has 4 rings (SSSR count). The molecule has 2 aromatic heterocycles. The van der Waals surface area contributed by atoms with E-state index in [2.05, 4.69) is 20.6 Å². The number of para-hydroxylation sites is 1. The van der Waals surface area contributed by atoms with Crippen LogP contribution in [-0.2, 0) is 21.0 Å². The van der Waals surface area contributed by atoms with E-state index in [4.69, 9.17) is 29.7 Å². The number of carboxylic acids is 2. The van der Waals surface area contributed by atoms with Crippen LogP contribution < -0.4 is 20.9 Å². The molecule has 0 spiro atoms. The van der Waals surface area contributed by atoms with Crippen LogP contribution >= 0.6 is 0 Å². The predicted octanol–water partition coefficient (Wildman–Crippen LogP) is 3.53. The molecule has 1 fully saturated rings. The summed E-state index contributed by atoms with van der Waals surface area (Å²) in [6, 6.07) is 13.2. The minimum atomic E-state index is -5.08. The average Bonchev–Trinajstić information content (AvgIpc) is 3.00. The van der Waals surface area contributed by atoms with Crippen LogP contribution in [0.25, 0.3) is 10.9 Å². The third kappa shape index (κ3) is 12.3. The number of carboxylic acid groups (broad SMARTS) is 2. The molecule has 0 radical (unpaired) electrons. The van der Waals surface area contributed by atoms with E-state index < -0.39 is 35.7 Å². The Bertz CT molecular complexity index is 1520. The fourth-order valence-electron chi connectivity index (χ4n) is 4.18. The first-order valence-corrected chi connectivity index (χ1v) is 13.4. The van der Waals surface area contributed by atoms with Crippen LogP contribution in [0.2, 0.25) is 0 Å². The lowest BCUT2D eigenvalue weighted by Crippen LogP contribution is -2.56. The summed E-state index contributed by atoms with van der Waals surface area (Å²) in [6.45, 7) is 3.64. The van der Waals surface area contributed by atoms with E-state index in [1.165, 1.54) is 6.20 Å². The number of hydrogen-bond acceptors (Lipinski definition) is 9. The number of carbonyl (C=O) groups excluding carboxylic acids is 2. The fourth-order valence-corrected chi connectivity index (χ4v) is 4.18. The molecule has 6 N–H and O–H groups in total. The lowest BCUT2D eigenvalue weighted by atomic mass is 9.84. The molecule has 1 aliphatic heterocycles. The number of aryl methyl sites for hydroxylation is 1. The molecule has 2 amide bonds. The standard InChI is InChI=1S/C24H27N5O4.2C2HF3O2/c1-16-12-17(19-4-2-3-5-20(19)27-16)15-33-18-6-7-21(26-14-18)23(31)28-24(13-22(30)29-32)8-10-25-11-9-24;2*3-2(4,5)1(6)7/h2-7,12,14,25,32H,8-11,13,15H2,1H3,(H,28,31)(H,29,30);2*(H,6,7). The van der Waals surface area contributed by atoms with Crippen LogP contribution in [0.4, 0.5) is 26.3 Å². The number of carbonyl (C=O) groups is 4. The Morgan fingerprint density at radius 2 is 1.53 bits per heavy atom. The summed E-state index contributed by atoms with van der Waals surface area (Å²) in [6.07, 6.45) is -7.50. The molecule has 0 unspecified atom stereocenters. The van der Waals surface area contributed by atoms with Crippen LogP contribution in [0, 0.1) is 6.92 Å². The first kappa shape index (κ1) is 38.1. The molecule has 1 aliphatic rings. The highest BCUT2D eigenvalue weighted by Gasteiger charge is 2.39. The lowest BCUT2D eigenvalue weighted by molar-refractivity contribution is -0.193. The lowest BCUT2D eigenvalue weighted by Gasteiger charge is -2.37. The topological polar surface area (TPSA) is 200 Å². The number of aromatic nitrogens is 2. The summed E-state index contributed by atoms with van der Waals surface area (Å²) < 4.78 is 69.4. The number of piperidine rings is 1. The molecular formula is C28H29F6N5O8. The maximum Gasteiger partial charge on any atom is 0.490 e. The van der Waals surface area contributed by atoms with Crippen LogP contribution in [0.15, 0.2) is 48.7 Å². The van der Waals surface area contributed by atoms with Crippen LogP contribution in [0.5, 0.6) is 5.75 Å². The minimum Gasteiger partial charge on any atom is -0.487 e. The summed E-state index contributed by atoms with van der Waals surface area (Å²) in [4.78, 5) is 51.2. The number of halogens is 6. The Morgan fingerprint density at radius 3 is 2.04 bits per heavy atom. The number of nitrogens with one attached hydrogen (secondary N) is 3. The van der Waals surface area contributed by atoms with Crippen molar-refractivity contribution in [3.63, 3.8) is 0 Å². The van der Waals surface area contributed by atoms with E-state index in [1.807, 2.05) is 37.3 Å². The van der Waals surface area contributed by atoms with Crippen molar-refractivity contribution in [2.45, 2.75) is 50.7 Å². The number of amides is 2. The Hall–Kier alpha value is -5.04. The van der Waals surface area contributed by atoms with Gasteiger partial charge in [0.05, 0.1) is 23.7 Å². The maximum absolute atomic E-state index is 12.8. The van der Waals surface area contributed by atoms with Gasteiger partial charge in [-0.1, -0.05) is 18.2 Å². The van der Waals surface area contributed by atoms with Gasteiger partial charge >= 0.3 is 24.3 Å². The zero-order chi connectivity index (χ0) is 35.4. The second-order valence-electron chi connectivity index (χ2n) is 9.91. The van der Waals surface area contributed by atoms with Gasteiger partial charge in [-0.25, -0.2) is 20.1 Å². The van der Waals surface area contributed by atoms with Crippen molar-refractivity contribution in [3.05, 3.63) is 65.6 Å². The Balaban J connectivity index is 0.000000459. The first-order valence-electron chi connectivity index (χ1n) is 13.4. The zero-order valence-electron chi connectivity index (χ0n) is 24.4. The van der Waals surface area contributed by atoms with Gasteiger partial charge < -0.3 is 25.6 Å². The highest BCUT2D eigenvalue weighted by atomic mass is 19.4. The van der Waals surface area contributed by atoms with Gasteiger partial charge in [0.1, 0.15) is 18.1 Å². The molecule has 0 aliphatic carbocycles. The van der Waals surface area contributed by atoms with Gasteiger partial charge in [0, 0.05) is 16.6 Å². The highest BCUT2D eigenvalue weighted by Crippen LogP contribution is 2.24. The third-order valence-corrected chi connectivity index (χ3v) is 6.34. The number of pyridine rings is 2. The van der Waals surface area contributed by atoms with Gasteiger partial charge in [-0.15, -0.1) is 0 Å². The monoisotopic (exact) mass is 677 g/mol. The number of hydroxylamine groups is 1. The molecule has 47 heavy (non-hydrogen) atoms. The molecule has 0 atom stereocenters. The quantitative estimate of drug-likeness (QED) is 0.121. The summed E-state index contributed by atoms with van der Waals surface area (Å²) in [5, 5.41) is 30.4. The largest absolute Gasteiger partial charge is 0.490 e. The Morgan fingerprint density at radius 1 is 0.957 bits per heavy atom. The van der Waals surface area contributed by atoms with Crippen molar-refractivity contribution < 1.29 is 65.7 Å². The molecule has 3 aromatic rings. The normalized spacial score (nSPS) is 14.0. The second-order valence-corrected chi connectivity index (χ2v) is 9.91.